The van der Waals surface area contributed by atoms with E-state index >= 15 is 0 Å². The fourth-order valence-corrected chi connectivity index (χ4v) is 4.00. The van der Waals surface area contributed by atoms with Crippen LogP contribution in [-0.2, 0) is 6.54 Å². The Labute approximate surface area is 179 Å². The normalized spacial score (nSPS) is 15.3. The summed E-state index contributed by atoms with van der Waals surface area (Å²) in [5.41, 5.74) is 3.79. The second-order valence-electron chi connectivity index (χ2n) is 8.28. The molecule has 0 aliphatic carbocycles. The van der Waals surface area contributed by atoms with Crippen molar-refractivity contribution in [2.75, 3.05) is 27.3 Å². The zero-order valence-corrected chi connectivity index (χ0v) is 18.7. The number of carbonyl (C=O) groups excluding carboxylic acids is 1. The van der Waals surface area contributed by atoms with Gasteiger partial charge in [-0.2, -0.15) is 0 Å². The minimum absolute atomic E-state index is 0.0293. The maximum Gasteiger partial charge on any atom is 0.253 e. The summed E-state index contributed by atoms with van der Waals surface area (Å²) in [4.78, 5) is 19.9. The van der Waals surface area contributed by atoms with Gasteiger partial charge in [0.05, 0.1) is 25.5 Å². The molecule has 0 radical (unpaired) electrons. The van der Waals surface area contributed by atoms with Crippen LogP contribution in [0.2, 0.25) is 0 Å². The Bertz CT molecular complexity index is 852. The Morgan fingerprint density at radius 3 is 2.33 bits per heavy atom. The number of aromatic nitrogens is 1. The molecule has 162 valence electrons. The standard InChI is InChI=1S/C24H33N3O3/c1-16(2)25-24(28)22-7-6-17(3)26-23(22)19-8-10-27(11-9-19)15-18-12-20(29-4)14-21(13-18)30-5/h6-7,12-14,16,19H,8-11,15H2,1-5H3,(H,25,28). The molecule has 0 atom stereocenters. The first-order valence-electron chi connectivity index (χ1n) is 10.6. The monoisotopic (exact) mass is 411 g/mol. The number of carbonyl (C=O) groups is 1. The van der Waals surface area contributed by atoms with Crippen LogP contribution in [-0.4, -0.2) is 49.1 Å². The van der Waals surface area contributed by atoms with Crippen LogP contribution in [0.25, 0.3) is 0 Å². The largest absolute Gasteiger partial charge is 0.497 e. The lowest BCUT2D eigenvalue weighted by molar-refractivity contribution is 0.0940. The van der Waals surface area contributed by atoms with Crippen LogP contribution in [0.1, 0.15) is 59.9 Å². The van der Waals surface area contributed by atoms with Crippen LogP contribution >= 0.6 is 0 Å². The minimum Gasteiger partial charge on any atom is -0.497 e. The maximum atomic E-state index is 12.7. The molecular weight excluding hydrogens is 378 g/mol. The van der Waals surface area contributed by atoms with Crippen molar-refractivity contribution in [2.24, 2.45) is 0 Å². The second kappa shape index (κ2) is 9.94. The highest BCUT2D eigenvalue weighted by molar-refractivity contribution is 5.95. The molecule has 1 fully saturated rings. The third-order valence-electron chi connectivity index (χ3n) is 5.52. The number of hydrogen-bond donors (Lipinski definition) is 1. The highest BCUT2D eigenvalue weighted by atomic mass is 16.5. The lowest BCUT2D eigenvalue weighted by atomic mass is 9.89. The zero-order chi connectivity index (χ0) is 21.7. The Morgan fingerprint density at radius 1 is 1.13 bits per heavy atom. The predicted octanol–water partition coefficient (Wildman–Crippen LogP) is 3.93. The van der Waals surface area contributed by atoms with Gasteiger partial charge in [-0.05, 0) is 76.5 Å². The molecule has 2 heterocycles. The fourth-order valence-electron chi connectivity index (χ4n) is 4.00. The first kappa shape index (κ1) is 22.1. The van der Waals surface area contributed by atoms with Crippen molar-refractivity contribution < 1.29 is 14.3 Å². The van der Waals surface area contributed by atoms with Crippen molar-refractivity contribution in [3.63, 3.8) is 0 Å². The first-order chi connectivity index (χ1) is 14.4. The number of piperidine rings is 1. The van der Waals surface area contributed by atoms with Crippen molar-refractivity contribution in [2.45, 2.75) is 52.1 Å². The lowest BCUT2D eigenvalue weighted by Gasteiger charge is -2.32. The number of ether oxygens (including phenoxy) is 2. The highest BCUT2D eigenvalue weighted by Crippen LogP contribution is 2.31. The zero-order valence-electron chi connectivity index (χ0n) is 18.7. The van der Waals surface area contributed by atoms with Gasteiger partial charge in [0.1, 0.15) is 11.5 Å². The van der Waals surface area contributed by atoms with Gasteiger partial charge >= 0.3 is 0 Å². The Hall–Kier alpha value is -2.60. The molecule has 3 rings (SSSR count). The average Bonchev–Trinajstić information content (AvgIpc) is 2.73. The van der Waals surface area contributed by atoms with Gasteiger partial charge < -0.3 is 14.8 Å². The number of pyridine rings is 1. The van der Waals surface area contributed by atoms with Crippen LogP contribution in [0.4, 0.5) is 0 Å². The van der Waals surface area contributed by atoms with Crippen molar-refractivity contribution >= 4 is 5.91 Å². The SMILES string of the molecule is COc1cc(CN2CCC(c3nc(C)ccc3C(=O)NC(C)C)CC2)cc(OC)c1. The molecule has 0 bridgehead atoms. The van der Waals surface area contributed by atoms with Crippen molar-refractivity contribution in [3.8, 4) is 11.5 Å². The summed E-state index contributed by atoms with van der Waals surface area (Å²) in [5, 5.41) is 3.01. The summed E-state index contributed by atoms with van der Waals surface area (Å²) < 4.78 is 10.8. The van der Waals surface area contributed by atoms with Gasteiger partial charge in [0.15, 0.2) is 0 Å². The number of nitrogens with one attached hydrogen (secondary N) is 1. The van der Waals surface area contributed by atoms with Gasteiger partial charge in [-0.1, -0.05) is 0 Å². The molecule has 1 amide bonds. The van der Waals surface area contributed by atoms with Crippen LogP contribution in [0.3, 0.4) is 0 Å². The van der Waals surface area contributed by atoms with Crippen molar-refractivity contribution in [1.29, 1.82) is 0 Å². The number of aryl methyl sites for hydroxylation is 1. The van der Waals surface area contributed by atoms with E-state index in [0.717, 1.165) is 55.4 Å². The number of benzene rings is 1. The summed E-state index contributed by atoms with van der Waals surface area (Å²) in [7, 11) is 3.35. The van der Waals surface area contributed by atoms with Gasteiger partial charge in [-0.15, -0.1) is 0 Å². The molecule has 6 nitrogen and oxygen atoms in total. The number of hydrogen-bond acceptors (Lipinski definition) is 5. The molecule has 1 aromatic carbocycles. The van der Waals surface area contributed by atoms with Gasteiger partial charge in [0, 0.05) is 30.3 Å². The molecule has 1 aliphatic rings. The quantitative estimate of drug-likeness (QED) is 0.748. The third-order valence-corrected chi connectivity index (χ3v) is 5.52. The summed E-state index contributed by atoms with van der Waals surface area (Å²) in [5.74, 6) is 1.89. The topological polar surface area (TPSA) is 63.7 Å². The van der Waals surface area contributed by atoms with Crippen molar-refractivity contribution in [3.05, 3.63) is 52.8 Å². The summed E-state index contributed by atoms with van der Waals surface area (Å²) in [6.45, 7) is 8.72. The predicted molar refractivity (Wildman–Crippen MR) is 118 cm³/mol. The van der Waals surface area contributed by atoms with E-state index in [1.807, 2.05) is 39.0 Å². The summed E-state index contributed by atoms with van der Waals surface area (Å²) in [6.07, 6.45) is 1.97. The minimum atomic E-state index is -0.0293. The van der Waals surface area contributed by atoms with Gasteiger partial charge in [0.25, 0.3) is 5.91 Å². The molecule has 6 heteroatoms. The number of amides is 1. The Kier molecular flexibility index (Phi) is 7.32. The fraction of sp³-hybridized carbons (Fsp3) is 0.500. The van der Waals surface area contributed by atoms with Crippen LogP contribution < -0.4 is 14.8 Å². The summed E-state index contributed by atoms with van der Waals surface area (Å²) in [6, 6.07) is 9.96. The lowest BCUT2D eigenvalue weighted by Crippen LogP contribution is -2.35. The number of nitrogens with zero attached hydrogens (tertiary/aromatic N) is 2. The van der Waals surface area contributed by atoms with Gasteiger partial charge in [0.2, 0.25) is 0 Å². The molecule has 30 heavy (non-hydrogen) atoms. The number of rotatable bonds is 7. The molecule has 2 aromatic rings. The van der Waals surface area contributed by atoms with E-state index in [1.165, 1.54) is 5.56 Å². The number of likely N-dealkylation sites (tertiary alicyclic amines) is 1. The van der Waals surface area contributed by atoms with E-state index in [9.17, 15) is 4.79 Å². The van der Waals surface area contributed by atoms with Crippen LogP contribution in [0, 0.1) is 6.92 Å². The van der Waals surface area contributed by atoms with Crippen molar-refractivity contribution in [1.82, 2.24) is 15.2 Å². The average molecular weight is 412 g/mol. The highest BCUT2D eigenvalue weighted by Gasteiger charge is 2.26. The van der Waals surface area contributed by atoms with Gasteiger partial charge in [-0.3, -0.25) is 14.7 Å². The molecular formula is C24H33N3O3. The second-order valence-corrected chi connectivity index (χ2v) is 8.28. The van der Waals surface area contributed by atoms with E-state index in [0.29, 0.717) is 11.5 Å². The first-order valence-corrected chi connectivity index (χ1v) is 10.6. The number of methoxy groups -OCH3 is 2. The van der Waals surface area contributed by atoms with E-state index in [-0.39, 0.29) is 11.9 Å². The molecule has 1 N–H and O–H groups in total. The molecule has 0 unspecified atom stereocenters. The van der Waals surface area contributed by atoms with Gasteiger partial charge in [-0.25, -0.2) is 0 Å². The molecule has 1 aromatic heterocycles. The Balaban J connectivity index is 1.69. The molecule has 0 saturated carbocycles. The molecule has 1 saturated heterocycles. The molecule has 0 spiro atoms. The smallest absolute Gasteiger partial charge is 0.253 e. The Morgan fingerprint density at radius 2 is 1.77 bits per heavy atom. The van der Waals surface area contributed by atoms with E-state index in [1.54, 1.807) is 14.2 Å². The van der Waals surface area contributed by atoms with E-state index in [2.05, 4.69) is 22.3 Å². The van der Waals surface area contributed by atoms with E-state index < -0.39 is 0 Å². The van der Waals surface area contributed by atoms with E-state index in [4.69, 9.17) is 14.5 Å². The summed E-state index contributed by atoms with van der Waals surface area (Å²) >= 11 is 0. The molecule has 1 aliphatic heterocycles. The maximum absolute atomic E-state index is 12.7. The van der Waals surface area contributed by atoms with Crippen LogP contribution in [0.5, 0.6) is 11.5 Å². The van der Waals surface area contributed by atoms with Crippen LogP contribution in [0.15, 0.2) is 30.3 Å². The third kappa shape index (κ3) is 5.51.